The Morgan fingerprint density at radius 1 is 0.541 bits per heavy atom. The molecule has 0 radical (unpaired) electrons. The van der Waals surface area contributed by atoms with Crippen molar-refractivity contribution in [3.63, 3.8) is 0 Å². The zero-order chi connectivity index (χ0) is 25.8. The van der Waals surface area contributed by atoms with Crippen molar-refractivity contribution in [1.29, 1.82) is 0 Å². The van der Waals surface area contributed by atoms with Crippen molar-refractivity contribution >= 4 is 0 Å². The molecule has 0 aliphatic heterocycles. The number of phenolic OH excluding ortho intramolecular Hbond substituents is 3. The summed E-state index contributed by atoms with van der Waals surface area (Å²) in [5.74, 6) is 1.99. The molecule has 3 N–H and O–H groups in total. The Morgan fingerprint density at radius 3 is 1.70 bits per heavy atom. The minimum Gasteiger partial charge on any atom is -0.508 e. The van der Waals surface area contributed by atoms with Crippen LogP contribution >= 0.6 is 0 Å². The first-order valence-electron chi connectivity index (χ1n) is 12.2. The van der Waals surface area contributed by atoms with Gasteiger partial charge in [0.2, 0.25) is 0 Å². The van der Waals surface area contributed by atoms with Crippen molar-refractivity contribution in [1.82, 2.24) is 0 Å². The summed E-state index contributed by atoms with van der Waals surface area (Å²) in [5.41, 5.74) is 5.90. The molecule has 0 spiro atoms. The lowest BCUT2D eigenvalue weighted by atomic mass is 9.79. The second-order valence-electron chi connectivity index (χ2n) is 9.67. The van der Waals surface area contributed by atoms with Gasteiger partial charge in [-0.05, 0) is 58.7 Å². The number of methoxy groups -OCH3 is 3. The molecule has 6 rings (SSSR count). The molecule has 6 heteroatoms. The number of fused-ring (bicyclic) bond motifs is 5. The topological polar surface area (TPSA) is 88.4 Å². The summed E-state index contributed by atoms with van der Waals surface area (Å²) in [4.78, 5) is 0. The van der Waals surface area contributed by atoms with Gasteiger partial charge in [0.25, 0.3) is 0 Å². The summed E-state index contributed by atoms with van der Waals surface area (Å²) < 4.78 is 17.0. The first-order valence-corrected chi connectivity index (χ1v) is 12.2. The van der Waals surface area contributed by atoms with Gasteiger partial charge >= 0.3 is 0 Å². The third-order valence-corrected chi connectivity index (χ3v) is 7.95. The number of phenols is 3. The number of aromatic hydroxyl groups is 3. The average Bonchev–Trinajstić information content (AvgIpc) is 3.42. The fourth-order valence-electron chi connectivity index (χ4n) is 6.54. The highest BCUT2D eigenvalue weighted by molar-refractivity contribution is 5.68. The molecule has 4 atom stereocenters. The quantitative estimate of drug-likeness (QED) is 0.315. The molecule has 0 heterocycles. The Bertz CT molecular complexity index is 1480. The Balaban J connectivity index is 1.67. The third kappa shape index (κ3) is 3.47. The third-order valence-electron chi connectivity index (χ3n) is 7.95. The second kappa shape index (κ2) is 8.66. The molecule has 4 aromatic rings. The van der Waals surface area contributed by atoms with E-state index in [0.717, 1.165) is 44.9 Å². The van der Waals surface area contributed by atoms with Crippen molar-refractivity contribution in [3.8, 4) is 34.5 Å². The minimum atomic E-state index is -0.208. The summed E-state index contributed by atoms with van der Waals surface area (Å²) in [6.07, 6.45) is 0. The lowest BCUT2D eigenvalue weighted by molar-refractivity contribution is 0.390. The van der Waals surface area contributed by atoms with Crippen LogP contribution < -0.4 is 14.2 Å². The highest BCUT2D eigenvalue weighted by atomic mass is 16.5. The largest absolute Gasteiger partial charge is 0.508 e. The van der Waals surface area contributed by atoms with Gasteiger partial charge in [0.05, 0.1) is 21.3 Å². The van der Waals surface area contributed by atoms with Crippen molar-refractivity contribution in [3.05, 3.63) is 106 Å². The zero-order valence-electron chi connectivity index (χ0n) is 20.8. The van der Waals surface area contributed by atoms with Gasteiger partial charge in [0, 0.05) is 46.9 Å². The summed E-state index contributed by atoms with van der Waals surface area (Å²) >= 11 is 0. The SMILES string of the molecule is COc1ccc([C@H]2c3c(OC)cc(OC)cc3[C@@H]3[C@@H](c4ccc(O)cc4)c4c(O)cc(O)cc4[C@H]23)cc1. The van der Waals surface area contributed by atoms with Crippen molar-refractivity contribution in [2.45, 2.75) is 23.7 Å². The molecular weight excluding hydrogens is 468 g/mol. The first kappa shape index (κ1) is 23.1. The maximum atomic E-state index is 11.2. The molecule has 6 nitrogen and oxygen atoms in total. The Hall–Kier alpha value is -4.32. The van der Waals surface area contributed by atoms with Gasteiger partial charge in [-0.15, -0.1) is 0 Å². The molecule has 2 aliphatic carbocycles. The molecule has 0 fully saturated rings. The van der Waals surface area contributed by atoms with Crippen molar-refractivity contribution in [2.24, 2.45) is 0 Å². The second-order valence-corrected chi connectivity index (χ2v) is 9.67. The van der Waals surface area contributed by atoms with Crippen molar-refractivity contribution in [2.75, 3.05) is 21.3 Å². The van der Waals surface area contributed by atoms with E-state index in [2.05, 4.69) is 18.2 Å². The average molecular weight is 497 g/mol. The van der Waals surface area contributed by atoms with Crippen LogP contribution in [0.4, 0.5) is 0 Å². The number of ether oxygens (including phenoxy) is 3. The zero-order valence-corrected chi connectivity index (χ0v) is 20.8. The van der Waals surface area contributed by atoms with E-state index in [1.54, 1.807) is 39.5 Å². The van der Waals surface area contributed by atoms with Crippen LogP contribution in [0.5, 0.6) is 34.5 Å². The predicted octanol–water partition coefficient (Wildman–Crippen LogP) is 5.99. The fraction of sp³-hybridized carbons (Fsp3) is 0.226. The van der Waals surface area contributed by atoms with E-state index in [9.17, 15) is 15.3 Å². The molecule has 0 saturated carbocycles. The predicted molar refractivity (Wildman–Crippen MR) is 140 cm³/mol. The maximum absolute atomic E-state index is 11.2. The van der Waals surface area contributed by atoms with Crippen LogP contribution in [0.2, 0.25) is 0 Å². The smallest absolute Gasteiger partial charge is 0.126 e. The summed E-state index contributed by atoms with van der Waals surface area (Å²) in [6, 6.07) is 22.3. The van der Waals surface area contributed by atoms with Gasteiger partial charge in [-0.25, -0.2) is 0 Å². The molecular formula is C31H28O6. The maximum Gasteiger partial charge on any atom is 0.126 e. The molecule has 188 valence electrons. The van der Waals surface area contributed by atoms with Gasteiger partial charge < -0.3 is 29.5 Å². The van der Waals surface area contributed by atoms with Gasteiger partial charge in [-0.2, -0.15) is 0 Å². The highest BCUT2D eigenvalue weighted by Gasteiger charge is 2.54. The van der Waals surface area contributed by atoms with Crippen molar-refractivity contribution < 1.29 is 29.5 Å². The van der Waals surface area contributed by atoms with Gasteiger partial charge in [0.1, 0.15) is 34.5 Å². The van der Waals surface area contributed by atoms with E-state index in [0.29, 0.717) is 5.75 Å². The van der Waals surface area contributed by atoms with E-state index < -0.39 is 0 Å². The van der Waals surface area contributed by atoms with E-state index in [1.807, 2.05) is 30.3 Å². The van der Waals surface area contributed by atoms with Gasteiger partial charge in [-0.3, -0.25) is 0 Å². The van der Waals surface area contributed by atoms with Crippen LogP contribution in [0.15, 0.2) is 72.8 Å². The number of rotatable bonds is 5. The standard InChI is InChI=1S/C31H28O6/c1-35-20-10-6-17(7-11-20)27-29-23(14-21(36-2)15-25(29)37-3)31-26(16-4-8-18(32)9-5-16)28-22(30(27)31)12-19(33)13-24(28)34/h4-15,26-27,30-34H,1-3H3/t26-,27-,30+,31+/m0/s1. The number of hydrogen-bond acceptors (Lipinski definition) is 6. The lowest BCUT2D eigenvalue weighted by Gasteiger charge is -2.23. The molecule has 0 unspecified atom stereocenters. The molecule has 4 aromatic carbocycles. The van der Waals surface area contributed by atoms with Crippen LogP contribution in [-0.2, 0) is 0 Å². The number of hydrogen-bond donors (Lipinski definition) is 3. The molecule has 0 amide bonds. The van der Waals surface area contributed by atoms with Crippen LogP contribution in [0.3, 0.4) is 0 Å². The molecule has 0 saturated heterocycles. The molecule has 37 heavy (non-hydrogen) atoms. The van der Waals surface area contributed by atoms with Crippen LogP contribution in [0, 0.1) is 0 Å². The van der Waals surface area contributed by atoms with E-state index in [4.69, 9.17) is 14.2 Å². The first-order chi connectivity index (χ1) is 17.9. The van der Waals surface area contributed by atoms with E-state index in [-0.39, 0.29) is 40.9 Å². The van der Waals surface area contributed by atoms with Gasteiger partial charge in [-0.1, -0.05) is 24.3 Å². The van der Waals surface area contributed by atoms with Crippen LogP contribution in [-0.4, -0.2) is 36.6 Å². The summed E-state index contributed by atoms with van der Waals surface area (Å²) in [7, 11) is 4.95. The monoisotopic (exact) mass is 496 g/mol. The van der Waals surface area contributed by atoms with Crippen LogP contribution in [0.1, 0.15) is 57.1 Å². The Kier molecular flexibility index (Phi) is 5.41. The fourth-order valence-corrected chi connectivity index (χ4v) is 6.54. The Morgan fingerprint density at radius 2 is 1.11 bits per heavy atom. The van der Waals surface area contributed by atoms with E-state index in [1.165, 1.54) is 6.07 Å². The number of benzene rings is 4. The van der Waals surface area contributed by atoms with Gasteiger partial charge in [0.15, 0.2) is 0 Å². The van der Waals surface area contributed by atoms with Crippen LogP contribution in [0.25, 0.3) is 0 Å². The summed E-state index contributed by atoms with van der Waals surface area (Å²) in [6.45, 7) is 0. The highest BCUT2D eigenvalue weighted by Crippen LogP contribution is 2.69. The Labute approximate surface area is 215 Å². The lowest BCUT2D eigenvalue weighted by Crippen LogP contribution is -2.10. The molecule has 0 aromatic heterocycles. The molecule has 0 bridgehead atoms. The minimum absolute atomic E-state index is 0.0235. The normalized spacial score (nSPS) is 21.2. The van der Waals surface area contributed by atoms with E-state index >= 15 is 0 Å². The molecule has 2 aliphatic rings. The summed E-state index contributed by atoms with van der Waals surface area (Å²) in [5, 5.41) is 31.7.